The van der Waals surface area contributed by atoms with E-state index in [9.17, 15) is 19.8 Å². The second-order valence-electron chi connectivity index (χ2n) is 12.4. The van der Waals surface area contributed by atoms with Crippen molar-refractivity contribution in [3.05, 3.63) is 59.7 Å². The molecule has 0 amide bonds. The molecule has 5 aliphatic rings. The lowest BCUT2D eigenvalue weighted by Gasteiger charge is -2.65. The van der Waals surface area contributed by atoms with Crippen LogP contribution in [0.2, 0.25) is 0 Å². The Kier molecular flexibility index (Phi) is 5.34. The summed E-state index contributed by atoms with van der Waals surface area (Å²) in [5, 5.41) is 24.0. The van der Waals surface area contributed by atoms with Crippen molar-refractivity contribution in [2.45, 2.75) is 64.7 Å². The van der Waals surface area contributed by atoms with Gasteiger partial charge in [0.15, 0.2) is 17.2 Å². The molecule has 8 atom stereocenters. The number of aliphatic hydroxyl groups is 2. The molecule has 2 N–H and O–H groups in total. The van der Waals surface area contributed by atoms with Gasteiger partial charge in [-0.15, -0.1) is 0 Å². The Balaban J connectivity index is 1.39. The van der Waals surface area contributed by atoms with E-state index in [1.165, 1.54) is 0 Å². The summed E-state index contributed by atoms with van der Waals surface area (Å²) in [6, 6.07) is 10.1. The molecule has 0 radical (unpaired) electrons. The van der Waals surface area contributed by atoms with E-state index in [0.29, 0.717) is 19.5 Å². The van der Waals surface area contributed by atoms with Gasteiger partial charge in [0, 0.05) is 35.3 Å². The number of fused-ring (bicyclic) bond motifs is 7. The molecule has 6 nitrogen and oxygen atoms in total. The number of carbonyl (C=O) groups is 2. The molecule has 4 aliphatic carbocycles. The summed E-state index contributed by atoms with van der Waals surface area (Å²) in [6.45, 7) is 7.12. The first-order chi connectivity index (χ1) is 17.1. The van der Waals surface area contributed by atoms with Crippen molar-refractivity contribution in [2.24, 2.45) is 34.0 Å². The van der Waals surface area contributed by atoms with Crippen molar-refractivity contribution >= 4 is 11.6 Å². The number of allylic oxidation sites excluding steroid dienone is 4. The van der Waals surface area contributed by atoms with Crippen LogP contribution in [-0.4, -0.2) is 51.7 Å². The summed E-state index contributed by atoms with van der Waals surface area (Å²) in [5.41, 5.74) is -0.376. The molecule has 1 aromatic rings. The molecule has 6 heteroatoms. The highest BCUT2D eigenvalue weighted by Gasteiger charge is 2.77. The smallest absolute Gasteiger partial charge is 0.192 e. The number of aliphatic hydroxyl groups excluding tert-OH is 2. The summed E-state index contributed by atoms with van der Waals surface area (Å²) >= 11 is 0. The number of hydrogen-bond acceptors (Lipinski definition) is 6. The van der Waals surface area contributed by atoms with Gasteiger partial charge >= 0.3 is 0 Å². The SMILES string of the molecule is C[C@]12[C@@H](O)C[C@@]3(C)[C@@H](C[C@H]4CN(Cc5ccccc5)O[C@]43C(=O)CO)[C@@H]1CCC1=CC(=O)C=C[C@@]12C. The molecule has 1 aromatic carbocycles. The first-order valence-corrected chi connectivity index (χ1v) is 13.3. The normalized spacial score (nSPS) is 45.5. The molecular formula is C30H37NO5. The number of carbonyl (C=O) groups excluding carboxylic acids is 2. The fourth-order valence-electron chi connectivity index (χ4n) is 9.26. The van der Waals surface area contributed by atoms with E-state index in [1.54, 1.807) is 12.2 Å². The predicted octanol–water partition coefficient (Wildman–Crippen LogP) is 3.63. The maximum Gasteiger partial charge on any atom is 0.192 e. The maximum atomic E-state index is 13.6. The Bertz CT molecular complexity index is 1160. The molecule has 1 heterocycles. The lowest BCUT2D eigenvalue weighted by molar-refractivity contribution is -0.264. The number of Topliss-reactive ketones (excluding diaryl/α,β-unsaturated/α-hetero) is 1. The number of hydrogen-bond donors (Lipinski definition) is 2. The Morgan fingerprint density at radius 3 is 2.64 bits per heavy atom. The fourth-order valence-corrected chi connectivity index (χ4v) is 9.26. The van der Waals surface area contributed by atoms with E-state index in [4.69, 9.17) is 4.84 Å². The molecule has 1 aliphatic heterocycles. The van der Waals surface area contributed by atoms with E-state index < -0.39 is 34.6 Å². The minimum atomic E-state index is -1.14. The number of nitrogens with zero attached hydrogens (tertiary/aromatic N) is 1. The van der Waals surface area contributed by atoms with E-state index in [1.807, 2.05) is 29.3 Å². The highest BCUT2D eigenvalue weighted by atomic mass is 16.7. The molecule has 3 saturated carbocycles. The molecule has 0 aromatic heterocycles. The van der Waals surface area contributed by atoms with Crippen LogP contribution in [0, 0.1) is 34.0 Å². The van der Waals surface area contributed by atoms with Crippen molar-refractivity contribution in [2.75, 3.05) is 13.2 Å². The molecular weight excluding hydrogens is 454 g/mol. The minimum Gasteiger partial charge on any atom is -0.392 e. The van der Waals surface area contributed by atoms with Gasteiger partial charge in [-0.2, -0.15) is 5.06 Å². The van der Waals surface area contributed by atoms with E-state index in [0.717, 1.165) is 30.4 Å². The molecule has 6 rings (SSSR count). The second-order valence-corrected chi connectivity index (χ2v) is 12.4. The highest BCUT2D eigenvalue weighted by Crippen LogP contribution is 2.74. The van der Waals surface area contributed by atoms with Crippen molar-refractivity contribution in [1.29, 1.82) is 0 Å². The standard InChI is InChI=1S/C30H37NO5/c1-27-12-11-22(33)13-20(27)9-10-23-24-14-21-17-31(16-19-7-5-4-6-8-19)36-30(21,26(35)18-32)28(24,2)15-25(34)29(23,27)3/h4-8,11-13,21,23-25,32,34H,9-10,14-18H2,1-3H3/t21-,23-,24-,25-,27-,28-,29+,30-/m0/s1. The third-order valence-electron chi connectivity index (χ3n) is 11.2. The second kappa shape index (κ2) is 7.94. The summed E-state index contributed by atoms with van der Waals surface area (Å²) in [6.07, 6.45) is 7.72. The van der Waals surface area contributed by atoms with Gasteiger partial charge in [0.1, 0.15) is 6.61 Å². The van der Waals surface area contributed by atoms with Crippen LogP contribution in [0.1, 0.15) is 52.0 Å². The van der Waals surface area contributed by atoms with Gasteiger partial charge in [-0.3, -0.25) is 14.4 Å². The van der Waals surface area contributed by atoms with E-state index >= 15 is 0 Å². The first kappa shape index (κ1) is 24.2. The van der Waals surface area contributed by atoms with E-state index in [2.05, 4.69) is 32.9 Å². The Morgan fingerprint density at radius 1 is 1.17 bits per heavy atom. The molecule has 0 bridgehead atoms. The van der Waals surface area contributed by atoms with Gasteiger partial charge in [-0.25, -0.2) is 0 Å². The molecule has 192 valence electrons. The largest absolute Gasteiger partial charge is 0.392 e. The quantitative estimate of drug-likeness (QED) is 0.669. The number of ketones is 2. The van der Waals surface area contributed by atoms with E-state index in [-0.39, 0.29) is 29.3 Å². The third-order valence-corrected chi connectivity index (χ3v) is 11.2. The lowest BCUT2D eigenvalue weighted by Crippen LogP contribution is -2.66. The first-order valence-electron chi connectivity index (χ1n) is 13.3. The number of hydroxylamine groups is 2. The Hall–Kier alpha value is -2.12. The average molecular weight is 492 g/mol. The molecule has 1 saturated heterocycles. The summed E-state index contributed by atoms with van der Waals surface area (Å²) in [4.78, 5) is 32.4. The molecule has 0 spiro atoms. The third kappa shape index (κ3) is 2.87. The fraction of sp³-hybridized carbons (Fsp3) is 0.600. The molecule has 36 heavy (non-hydrogen) atoms. The average Bonchev–Trinajstić information content (AvgIpc) is 3.33. The van der Waals surface area contributed by atoms with Crippen LogP contribution in [0.15, 0.2) is 54.1 Å². The van der Waals surface area contributed by atoms with Crippen molar-refractivity contribution < 1.29 is 24.6 Å². The zero-order valence-corrected chi connectivity index (χ0v) is 21.4. The summed E-state index contributed by atoms with van der Waals surface area (Å²) in [5.74, 6) is 0.0591. The van der Waals surface area contributed by atoms with Gasteiger partial charge in [-0.1, -0.05) is 62.8 Å². The van der Waals surface area contributed by atoms with Gasteiger partial charge in [0.05, 0.1) is 6.10 Å². The van der Waals surface area contributed by atoms with Crippen LogP contribution < -0.4 is 0 Å². The van der Waals surface area contributed by atoms with Crippen LogP contribution >= 0.6 is 0 Å². The maximum absolute atomic E-state index is 13.6. The van der Waals surface area contributed by atoms with Crippen LogP contribution in [0.4, 0.5) is 0 Å². The van der Waals surface area contributed by atoms with Crippen LogP contribution in [0.25, 0.3) is 0 Å². The van der Waals surface area contributed by atoms with Gasteiger partial charge in [0.25, 0.3) is 0 Å². The van der Waals surface area contributed by atoms with Crippen LogP contribution in [0.5, 0.6) is 0 Å². The topological polar surface area (TPSA) is 87.1 Å². The molecule has 4 fully saturated rings. The van der Waals surface area contributed by atoms with Crippen LogP contribution in [0.3, 0.4) is 0 Å². The summed E-state index contributed by atoms with van der Waals surface area (Å²) in [7, 11) is 0. The van der Waals surface area contributed by atoms with Crippen LogP contribution in [-0.2, 0) is 21.0 Å². The lowest BCUT2D eigenvalue weighted by atomic mass is 9.39. The predicted molar refractivity (Wildman–Crippen MR) is 134 cm³/mol. The zero-order valence-electron chi connectivity index (χ0n) is 21.4. The summed E-state index contributed by atoms with van der Waals surface area (Å²) < 4.78 is 0. The highest BCUT2D eigenvalue weighted by molar-refractivity contribution is 6.01. The molecule has 0 unspecified atom stereocenters. The number of rotatable bonds is 4. The van der Waals surface area contributed by atoms with Gasteiger partial charge in [-0.05, 0) is 55.2 Å². The van der Waals surface area contributed by atoms with Gasteiger partial charge < -0.3 is 10.2 Å². The van der Waals surface area contributed by atoms with Gasteiger partial charge in [0.2, 0.25) is 0 Å². The Labute approximate surface area is 213 Å². The number of benzene rings is 1. The van der Waals surface area contributed by atoms with Crippen molar-refractivity contribution in [3.8, 4) is 0 Å². The minimum absolute atomic E-state index is 0.0227. The Morgan fingerprint density at radius 2 is 1.92 bits per heavy atom. The zero-order chi connectivity index (χ0) is 25.5. The monoisotopic (exact) mass is 491 g/mol. The van der Waals surface area contributed by atoms with Crippen molar-refractivity contribution in [1.82, 2.24) is 5.06 Å². The van der Waals surface area contributed by atoms with Crippen molar-refractivity contribution in [3.63, 3.8) is 0 Å².